The van der Waals surface area contributed by atoms with Crippen molar-refractivity contribution in [3.8, 4) is 5.75 Å². The van der Waals surface area contributed by atoms with Crippen molar-refractivity contribution >= 4 is 5.91 Å². The van der Waals surface area contributed by atoms with Crippen LogP contribution < -0.4 is 10.5 Å². The molecule has 0 bridgehead atoms. The fraction of sp³-hybridized carbons (Fsp3) is 0.562. The van der Waals surface area contributed by atoms with E-state index in [2.05, 4.69) is 12.1 Å². The molecule has 0 aromatic heterocycles. The van der Waals surface area contributed by atoms with Crippen molar-refractivity contribution in [3.63, 3.8) is 0 Å². The lowest BCUT2D eigenvalue weighted by molar-refractivity contribution is -0.118. The molecule has 0 heterocycles. The topological polar surface area (TPSA) is 52.3 Å². The summed E-state index contributed by atoms with van der Waals surface area (Å²) in [6.07, 6.45) is 5.43. The zero-order valence-corrected chi connectivity index (χ0v) is 11.6. The van der Waals surface area contributed by atoms with E-state index in [0.29, 0.717) is 18.9 Å². The van der Waals surface area contributed by atoms with Gasteiger partial charge in [0.1, 0.15) is 5.75 Å². The van der Waals surface area contributed by atoms with Crippen LogP contribution in [0.5, 0.6) is 5.75 Å². The molecule has 1 fully saturated rings. The first-order chi connectivity index (χ1) is 9.20. The zero-order valence-electron chi connectivity index (χ0n) is 11.6. The van der Waals surface area contributed by atoms with E-state index < -0.39 is 0 Å². The van der Waals surface area contributed by atoms with Gasteiger partial charge in [-0.1, -0.05) is 25.0 Å². The summed E-state index contributed by atoms with van der Waals surface area (Å²) in [6, 6.07) is 8.14. The Labute approximate surface area is 115 Å². The molecule has 1 atom stereocenters. The van der Waals surface area contributed by atoms with Crippen molar-refractivity contribution in [1.29, 1.82) is 0 Å². The fourth-order valence-electron chi connectivity index (χ4n) is 3.11. The average Bonchev–Trinajstić information content (AvgIpc) is 2.91. The molecule has 0 spiro atoms. The highest BCUT2D eigenvalue weighted by Gasteiger charge is 2.27. The lowest BCUT2D eigenvalue weighted by Gasteiger charge is -2.23. The standard InChI is InChI=1S/C16H23NO2/c1-2-19-14-9-7-13(8-10-14)15(11-16(17)18)12-5-3-4-6-12/h7-10,12,15H,2-6,11H2,1H3,(H2,17,18). The van der Waals surface area contributed by atoms with Gasteiger partial charge < -0.3 is 10.5 Å². The lowest BCUT2D eigenvalue weighted by Crippen LogP contribution is -2.20. The van der Waals surface area contributed by atoms with Gasteiger partial charge in [0.25, 0.3) is 0 Å². The molecule has 1 unspecified atom stereocenters. The number of amides is 1. The molecule has 0 radical (unpaired) electrons. The number of hydrogen-bond donors (Lipinski definition) is 1. The molecular formula is C16H23NO2. The molecule has 2 rings (SSSR count). The van der Waals surface area contributed by atoms with E-state index in [-0.39, 0.29) is 11.8 Å². The monoisotopic (exact) mass is 261 g/mol. The van der Waals surface area contributed by atoms with Gasteiger partial charge in [-0.2, -0.15) is 0 Å². The third kappa shape index (κ3) is 3.72. The van der Waals surface area contributed by atoms with E-state index in [4.69, 9.17) is 10.5 Å². The van der Waals surface area contributed by atoms with E-state index in [0.717, 1.165) is 5.75 Å². The summed E-state index contributed by atoms with van der Waals surface area (Å²) in [5.74, 6) is 1.56. The molecule has 3 nitrogen and oxygen atoms in total. The van der Waals surface area contributed by atoms with E-state index in [1.165, 1.54) is 31.2 Å². The minimum Gasteiger partial charge on any atom is -0.494 e. The van der Waals surface area contributed by atoms with Crippen molar-refractivity contribution in [2.24, 2.45) is 11.7 Å². The second-order valence-corrected chi connectivity index (χ2v) is 5.32. The number of rotatable bonds is 6. The first kappa shape index (κ1) is 13.9. The van der Waals surface area contributed by atoms with Gasteiger partial charge in [0.15, 0.2) is 0 Å². The number of primary amides is 1. The molecule has 1 aliphatic carbocycles. The number of ether oxygens (including phenoxy) is 1. The number of hydrogen-bond acceptors (Lipinski definition) is 2. The number of carbonyl (C=O) groups is 1. The van der Waals surface area contributed by atoms with Gasteiger partial charge >= 0.3 is 0 Å². The molecular weight excluding hydrogens is 238 g/mol. The summed E-state index contributed by atoms with van der Waals surface area (Å²) in [5.41, 5.74) is 6.63. The molecule has 0 aliphatic heterocycles. The minimum atomic E-state index is -0.203. The molecule has 1 saturated carbocycles. The van der Waals surface area contributed by atoms with Crippen LogP contribution in [0.4, 0.5) is 0 Å². The Morgan fingerprint density at radius 3 is 2.47 bits per heavy atom. The van der Waals surface area contributed by atoms with Crippen LogP contribution in [0.15, 0.2) is 24.3 Å². The minimum absolute atomic E-state index is 0.203. The first-order valence-corrected chi connectivity index (χ1v) is 7.21. The lowest BCUT2D eigenvalue weighted by atomic mass is 9.82. The smallest absolute Gasteiger partial charge is 0.218 e. The summed E-state index contributed by atoms with van der Waals surface area (Å²) in [5, 5.41) is 0. The van der Waals surface area contributed by atoms with E-state index in [1.54, 1.807) is 0 Å². The average molecular weight is 261 g/mol. The van der Waals surface area contributed by atoms with Gasteiger partial charge in [0, 0.05) is 6.42 Å². The molecule has 1 aromatic rings. The Bertz CT molecular complexity index is 407. The molecule has 1 amide bonds. The van der Waals surface area contributed by atoms with Crippen LogP contribution in [0, 0.1) is 5.92 Å². The summed E-state index contributed by atoms with van der Waals surface area (Å²) in [7, 11) is 0. The van der Waals surface area contributed by atoms with Crippen LogP contribution in [0.2, 0.25) is 0 Å². The third-order valence-corrected chi connectivity index (χ3v) is 4.01. The highest BCUT2D eigenvalue weighted by Crippen LogP contribution is 2.39. The number of carbonyl (C=O) groups excluding carboxylic acids is 1. The van der Waals surface area contributed by atoms with Gasteiger partial charge in [-0.25, -0.2) is 0 Å². The van der Waals surface area contributed by atoms with Crippen molar-refractivity contribution in [2.75, 3.05) is 6.61 Å². The Balaban J connectivity index is 2.14. The van der Waals surface area contributed by atoms with Gasteiger partial charge in [0.05, 0.1) is 6.61 Å². The predicted molar refractivity (Wildman–Crippen MR) is 76.1 cm³/mol. The molecule has 0 saturated heterocycles. The maximum absolute atomic E-state index is 11.3. The van der Waals surface area contributed by atoms with Gasteiger partial charge in [0.2, 0.25) is 5.91 Å². The highest BCUT2D eigenvalue weighted by molar-refractivity contribution is 5.74. The normalized spacial score (nSPS) is 17.3. The summed E-state index contributed by atoms with van der Waals surface area (Å²) < 4.78 is 5.46. The number of benzene rings is 1. The molecule has 19 heavy (non-hydrogen) atoms. The molecule has 2 N–H and O–H groups in total. The van der Waals surface area contributed by atoms with Gasteiger partial charge in [-0.3, -0.25) is 4.79 Å². The largest absolute Gasteiger partial charge is 0.494 e. The fourth-order valence-corrected chi connectivity index (χ4v) is 3.11. The molecule has 1 aliphatic rings. The van der Waals surface area contributed by atoms with Crippen LogP contribution in [0.3, 0.4) is 0 Å². The van der Waals surface area contributed by atoms with Crippen molar-refractivity contribution in [2.45, 2.75) is 44.9 Å². The van der Waals surface area contributed by atoms with Crippen LogP contribution in [0.25, 0.3) is 0 Å². The number of nitrogens with two attached hydrogens (primary N) is 1. The van der Waals surface area contributed by atoms with Crippen molar-refractivity contribution < 1.29 is 9.53 Å². The molecule has 3 heteroatoms. The van der Waals surface area contributed by atoms with Crippen molar-refractivity contribution in [3.05, 3.63) is 29.8 Å². The van der Waals surface area contributed by atoms with Crippen LogP contribution >= 0.6 is 0 Å². The van der Waals surface area contributed by atoms with Crippen molar-refractivity contribution in [1.82, 2.24) is 0 Å². The Morgan fingerprint density at radius 2 is 1.95 bits per heavy atom. The maximum Gasteiger partial charge on any atom is 0.218 e. The second kappa shape index (κ2) is 6.60. The van der Waals surface area contributed by atoms with E-state index in [9.17, 15) is 4.79 Å². The Kier molecular flexibility index (Phi) is 4.83. The van der Waals surface area contributed by atoms with Gasteiger partial charge in [-0.05, 0) is 49.3 Å². The molecule has 1 aromatic carbocycles. The summed E-state index contributed by atoms with van der Waals surface area (Å²) in [4.78, 5) is 11.3. The van der Waals surface area contributed by atoms with Crippen LogP contribution in [0.1, 0.15) is 50.5 Å². The van der Waals surface area contributed by atoms with E-state index >= 15 is 0 Å². The molecule has 104 valence electrons. The van der Waals surface area contributed by atoms with E-state index in [1.807, 2.05) is 19.1 Å². The zero-order chi connectivity index (χ0) is 13.7. The Hall–Kier alpha value is -1.51. The highest BCUT2D eigenvalue weighted by atomic mass is 16.5. The van der Waals surface area contributed by atoms with Gasteiger partial charge in [-0.15, -0.1) is 0 Å². The Morgan fingerprint density at radius 1 is 1.32 bits per heavy atom. The third-order valence-electron chi connectivity index (χ3n) is 4.01. The predicted octanol–water partition coefficient (Wildman–Crippen LogP) is 3.23. The second-order valence-electron chi connectivity index (χ2n) is 5.32. The first-order valence-electron chi connectivity index (χ1n) is 7.21. The SMILES string of the molecule is CCOc1ccc(C(CC(N)=O)C2CCCC2)cc1. The summed E-state index contributed by atoms with van der Waals surface area (Å²) >= 11 is 0. The van der Waals surface area contributed by atoms with Crippen LogP contribution in [-0.2, 0) is 4.79 Å². The maximum atomic E-state index is 11.3. The van der Waals surface area contributed by atoms with Crippen LogP contribution in [-0.4, -0.2) is 12.5 Å². The summed E-state index contributed by atoms with van der Waals surface area (Å²) in [6.45, 7) is 2.65. The quantitative estimate of drug-likeness (QED) is 0.854.